The van der Waals surface area contributed by atoms with Gasteiger partial charge in [0, 0.05) is 26.2 Å². The molecule has 6 nitrogen and oxygen atoms in total. The molecule has 0 fully saturated rings. The standard InChI is InChI=1S/C11H14N6S/c1-17-7-15-9(16-17)4-6-13-8-3-2-5-14-10(8)11(12)18/h2-3,5,7,13H,4,6H2,1H3,(H2,12,18). The van der Waals surface area contributed by atoms with Crippen molar-refractivity contribution in [2.45, 2.75) is 6.42 Å². The van der Waals surface area contributed by atoms with Gasteiger partial charge < -0.3 is 11.1 Å². The second-order valence-electron chi connectivity index (χ2n) is 3.78. The molecule has 2 aromatic heterocycles. The molecule has 0 atom stereocenters. The molecule has 0 bridgehead atoms. The van der Waals surface area contributed by atoms with Crippen LogP contribution >= 0.6 is 12.2 Å². The molecule has 0 aliphatic rings. The summed E-state index contributed by atoms with van der Waals surface area (Å²) in [6.07, 6.45) is 4.08. The highest BCUT2D eigenvalue weighted by Gasteiger charge is 2.05. The van der Waals surface area contributed by atoms with E-state index in [0.717, 1.165) is 17.9 Å². The van der Waals surface area contributed by atoms with Crippen molar-refractivity contribution >= 4 is 22.9 Å². The summed E-state index contributed by atoms with van der Waals surface area (Å²) in [5, 5.41) is 7.43. The Labute approximate surface area is 110 Å². The molecule has 0 amide bonds. The maximum atomic E-state index is 5.60. The number of anilines is 1. The molecule has 0 radical (unpaired) electrons. The fraction of sp³-hybridized carbons (Fsp3) is 0.273. The summed E-state index contributed by atoms with van der Waals surface area (Å²) in [5.74, 6) is 0.797. The largest absolute Gasteiger partial charge is 0.388 e. The lowest BCUT2D eigenvalue weighted by molar-refractivity contribution is 0.742. The SMILES string of the molecule is Cn1cnc(CCNc2cccnc2C(N)=S)n1. The Morgan fingerprint density at radius 2 is 2.33 bits per heavy atom. The van der Waals surface area contributed by atoms with E-state index in [4.69, 9.17) is 18.0 Å². The molecule has 0 saturated carbocycles. The summed E-state index contributed by atoms with van der Waals surface area (Å²) < 4.78 is 1.68. The van der Waals surface area contributed by atoms with Gasteiger partial charge in [-0.3, -0.25) is 9.67 Å². The Bertz CT molecular complexity index is 550. The number of nitrogens with one attached hydrogen (secondary N) is 1. The van der Waals surface area contributed by atoms with E-state index in [-0.39, 0.29) is 4.99 Å². The number of hydrogen-bond acceptors (Lipinski definition) is 5. The smallest absolute Gasteiger partial charge is 0.152 e. The molecule has 0 unspecified atom stereocenters. The van der Waals surface area contributed by atoms with Gasteiger partial charge in [0.15, 0.2) is 5.82 Å². The fourth-order valence-corrected chi connectivity index (χ4v) is 1.71. The Morgan fingerprint density at radius 3 is 3.00 bits per heavy atom. The van der Waals surface area contributed by atoms with E-state index in [1.165, 1.54) is 0 Å². The summed E-state index contributed by atoms with van der Waals surface area (Å²) in [6, 6.07) is 3.73. The van der Waals surface area contributed by atoms with Gasteiger partial charge in [0.25, 0.3) is 0 Å². The number of aromatic nitrogens is 4. The zero-order valence-corrected chi connectivity index (χ0v) is 10.8. The number of pyridine rings is 1. The van der Waals surface area contributed by atoms with Crippen molar-refractivity contribution in [2.75, 3.05) is 11.9 Å². The molecule has 2 heterocycles. The predicted octanol–water partition coefficient (Wildman–Crippen LogP) is 0.499. The molecule has 0 aliphatic carbocycles. The number of aryl methyl sites for hydroxylation is 1. The third-order valence-electron chi connectivity index (χ3n) is 2.35. The number of nitrogens with two attached hydrogens (primary N) is 1. The number of thiocarbonyl (C=S) groups is 1. The van der Waals surface area contributed by atoms with E-state index < -0.39 is 0 Å². The summed E-state index contributed by atoms with van der Waals surface area (Å²) in [5.41, 5.74) is 7.05. The van der Waals surface area contributed by atoms with Crippen molar-refractivity contribution < 1.29 is 0 Å². The van der Waals surface area contributed by atoms with Crippen LogP contribution in [0, 0.1) is 0 Å². The first-order valence-electron chi connectivity index (χ1n) is 5.50. The normalized spacial score (nSPS) is 10.3. The van der Waals surface area contributed by atoms with E-state index in [1.807, 2.05) is 19.2 Å². The lowest BCUT2D eigenvalue weighted by Gasteiger charge is -2.08. The van der Waals surface area contributed by atoms with Crippen LogP contribution in [0.2, 0.25) is 0 Å². The zero-order valence-electron chi connectivity index (χ0n) is 10.00. The van der Waals surface area contributed by atoms with E-state index in [1.54, 1.807) is 17.2 Å². The van der Waals surface area contributed by atoms with Gasteiger partial charge in [0.2, 0.25) is 0 Å². The molecule has 94 valence electrons. The van der Waals surface area contributed by atoms with Gasteiger partial charge in [-0.25, -0.2) is 4.98 Å². The minimum atomic E-state index is 0.286. The molecule has 18 heavy (non-hydrogen) atoms. The summed E-state index contributed by atoms with van der Waals surface area (Å²) in [4.78, 5) is 8.58. The maximum absolute atomic E-state index is 5.60. The molecular weight excluding hydrogens is 248 g/mol. The first-order valence-corrected chi connectivity index (χ1v) is 5.91. The third kappa shape index (κ3) is 3.01. The van der Waals surface area contributed by atoms with Crippen LogP contribution in [0.4, 0.5) is 5.69 Å². The molecule has 2 aromatic rings. The van der Waals surface area contributed by atoms with Gasteiger partial charge in [0.05, 0.1) is 5.69 Å². The fourth-order valence-electron chi connectivity index (χ4n) is 1.55. The highest BCUT2D eigenvalue weighted by atomic mass is 32.1. The van der Waals surface area contributed by atoms with Crippen molar-refractivity contribution in [1.29, 1.82) is 0 Å². The van der Waals surface area contributed by atoms with Crippen molar-refractivity contribution in [1.82, 2.24) is 19.7 Å². The predicted molar refractivity (Wildman–Crippen MR) is 73.3 cm³/mol. The Morgan fingerprint density at radius 1 is 1.50 bits per heavy atom. The van der Waals surface area contributed by atoms with Crippen molar-refractivity contribution in [2.24, 2.45) is 12.8 Å². The molecule has 0 aromatic carbocycles. The van der Waals surface area contributed by atoms with Crippen molar-refractivity contribution in [3.63, 3.8) is 0 Å². The van der Waals surface area contributed by atoms with Crippen LogP contribution in [0.3, 0.4) is 0 Å². The van der Waals surface area contributed by atoms with Crippen LogP contribution in [0.1, 0.15) is 11.5 Å². The third-order valence-corrected chi connectivity index (χ3v) is 2.55. The number of hydrogen-bond donors (Lipinski definition) is 2. The quantitative estimate of drug-likeness (QED) is 0.764. The lowest BCUT2D eigenvalue weighted by atomic mass is 10.3. The average Bonchev–Trinajstić information content (AvgIpc) is 2.75. The molecule has 7 heteroatoms. The van der Waals surface area contributed by atoms with Crippen LogP contribution in [-0.4, -0.2) is 31.3 Å². The van der Waals surface area contributed by atoms with E-state index >= 15 is 0 Å². The van der Waals surface area contributed by atoms with E-state index in [9.17, 15) is 0 Å². The molecule has 3 N–H and O–H groups in total. The Kier molecular flexibility index (Phi) is 3.83. The molecule has 2 rings (SSSR count). The first kappa shape index (κ1) is 12.4. The minimum Gasteiger partial charge on any atom is -0.388 e. The van der Waals surface area contributed by atoms with E-state index in [0.29, 0.717) is 12.2 Å². The van der Waals surface area contributed by atoms with Crippen molar-refractivity contribution in [3.05, 3.63) is 36.2 Å². The summed E-state index contributed by atoms with van der Waals surface area (Å²) in [6.45, 7) is 0.700. The van der Waals surface area contributed by atoms with Gasteiger partial charge in [0.1, 0.15) is 17.0 Å². The highest BCUT2D eigenvalue weighted by molar-refractivity contribution is 7.80. The number of rotatable bonds is 5. The number of nitrogens with zero attached hydrogens (tertiary/aromatic N) is 4. The first-order chi connectivity index (χ1) is 8.66. The van der Waals surface area contributed by atoms with Gasteiger partial charge in [-0.1, -0.05) is 12.2 Å². The second kappa shape index (κ2) is 5.54. The molecule has 0 spiro atoms. The van der Waals surface area contributed by atoms with Gasteiger partial charge in [-0.15, -0.1) is 0 Å². The molecular formula is C11H14N6S. The van der Waals surface area contributed by atoms with Gasteiger partial charge in [-0.2, -0.15) is 5.10 Å². The molecule has 0 saturated heterocycles. The van der Waals surface area contributed by atoms with Crippen LogP contribution in [0.5, 0.6) is 0 Å². The monoisotopic (exact) mass is 262 g/mol. The lowest BCUT2D eigenvalue weighted by Crippen LogP contribution is -2.16. The van der Waals surface area contributed by atoms with Crippen LogP contribution in [0.25, 0.3) is 0 Å². The van der Waals surface area contributed by atoms with E-state index in [2.05, 4.69) is 20.4 Å². The zero-order chi connectivity index (χ0) is 13.0. The minimum absolute atomic E-state index is 0.286. The van der Waals surface area contributed by atoms with Crippen LogP contribution in [-0.2, 0) is 13.5 Å². The van der Waals surface area contributed by atoms with Gasteiger partial charge in [-0.05, 0) is 12.1 Å². The molecule has 0 aliphatic heterocycles. The Hall–Kier alpha value is -2.02. The summed E-state index contributed by atoms with van der Waals surface area (Å²) in [7, 11) is 1.84. The Balaban J connectivity index is 1.96. The van der Waals surface area contributed by atoms with Crippen LogP contribution in [0.15, 0.2) is 24.7 Å². The topological polar surface area (TPSA) is 81.7 Å². The van der Waals surface area contributed by atoms with Crippen molar-refractivity contribution in [3.8, 4) is 0 Å². The maximum Gasteiger partial charge on any atom is 0.152 e. The van der Waals surface area contributed by atoms with Gasteiger partial charge >= 0.3 is 0 Å². The highest BCUT2D eigenvalue weighted by Crippen LogP contribution is 2.11. The summed E-state index contributed by atoms with van der Waals surface area (Å²) >= 11 is 4.94. The average molecular weight is 262 g/mol. The second-order valence-corrected chi connectivity index (χ2v) is 4.21. The van der Waals surface area contributed by atoms with Crippen LogP contribution < -0.4 is 11.1 Å².